The minimum absolute atomic E-state index is 0.0100. The molecule has 0 aliphatic carbocycles. The molecule has 1 heterocycles. The Morgan fingerprint density at radius 3 is 2.47 bits per heavy atom. The van der Waals surface area contributed by atoms with Crippen molar-refractivity contribution in [3.8, 4) is 11.4 Å². The van der Waals surface area contributed by atoms with E-state index >= 15 is 0 Å². The van der Waals surface area contributed by atoms with Crippen molar-refractivity contribution in [1.82, 2.24) is 9.78 Å². The number of phenols is 1. The van der Waals surface area contributed by atoms with E-state index in [0.717, 1.165) is 16.9 Å². The molecule has 0 fully saturated rings. The van der Waals surface area contributed by atoms with Crippen molar-refractivity contribution in [2.75, 3.05) is 0 Å². The average molecular weight is 204 g/mol. The van der Waals surface area contributed by atoms with Crippen molar-refractivity contribution in [3.05, 3.63) is 41.7 Å². The van der Waals surface area contributed by atoms with Gasteiger partial charge in [-0.2, -0.15) is 5.10 Å². The van der Waals surface area contributed by atoms with Crippen LogP contribution in [0.25, 0.3) is 5.69 Å². The predicted octanol–water partition coefficient (Wildman–Crippen LogP) is 1.38. The molecule has 0 atom stereocenters. The van der Waals surface area contributed by atoms with Gasteiger partial charge >= 0.3 is 0 Å². The minimum Gasteiger partial charge on any atom is -0.508 e. The molecule has 2 N–H and O–H groups in total. The SMILES string of the molecule is Cc1c(CO)cnn1-c1ccc(O)cc1. The highest BCUT2D eigenvalue weighted by molar-refractivity contribution is 5.38. The van der Waals surface area contributed by atoms with E-state index in [-0.39, 0.29) is 12.4 Å². The van der Waals surface area contributed by atoms with Gasteiger partial charge in [-0.25, -0.2) is 4.68 Å². The molecule has 0 amide bonds. The highest BCUT2D eigenvalue weighted by Gasteiger charge is 2.06. The Kier molecular flexibility index (Phi) is 2.43. The Hall–Kier alpha value is -1.81. The Morgan fingerprint density at radius 2 is 1.93 bits per heavy atom. The normalized spacial score (nSPS) is 10.5. The summed E-state index contributed by atoms with van der Waals surface area (Å²) in [5.41, 5.74) is 2.58. The number of aliphatic hydroxyl groups excluding tert-OH is 1. The van der Waals surface area contributed by atoms with E-state index in [0.29, 0.717) is 0 Å². The molecule has 0 saturated heterocycles. The number of rotatable bonds is 2. The molecular weight excluding hydrogens is 192 g/mol. The summed E-state index contributed by atoms with van der Waals surface area (Å²) in [6, 6.07) is 6.76. The van der Waals surface area contributed by atoms with Gasteiger partial charge in [0, 0.05) is 11.3 Å². The zero-order chi connectivity index (χ0) is 10.8. The molecule has 15 heavy (non-hydrogen) atoms. The van der Waals surface area contributed by atoms with Gasteiger partial charge in [-0.15, -0.1) is 0 Å². The first-order chi connectivity index (χ1) is 7.22. The lowest BCUT2D eigenvalue weighted by Crippen LogP contribution is -1.99. The minimum atomic E-state index is -0.0100. The summed E-state index contributed by atoms with van der Waals surface area (Å²) in [5, 5.41) is 22.3. The second-order valence-corrected chi connectivity index (χ2v) is 3.34. The number of hydrogen-bond acceptors (Lipinski definition) is 3. The average Bonchev–Trinajstić information content (AvgIpc) is 2.61. The molecule has 78 valence electrons. The fourth-order valence-corrected chi connectivity index (χ4v) is 1.45. The van der Waals surface area contributed by atoms with Crippen LogP contribution in [-0.4, -0.2) is 20.0 Å². The van der Waals surface area contributed by atoms with Crippen LogP contribution in [0.3, 0.4) is 0 Å². The van der Waals surface area contributed by atoms with Crippen LogP contribution in [0.5, 0.6) is 5.75 Å². The summed E-state index contributed by atoms with van der Waals surface area (Å²) >= 11 is 0. The first-order valence-corrected chi connectivity index (χ1v) is 4.66. The quantitative estimate of drug-likeness (QED) is 0.777. The first kappa shape index (κ1) is 9.73. The molecule has 0 bridgehead atoms. The second-order valence-electron chi connectivity index (χ2n) is 3.34. The van der Waals surface area contributed by atoms with Gasteiger partial charge in [-0.3, -0.25) is 0 Å². The largest absolute Gasteiger partial charge is 0.508 e. The number of phenolic OH excluding ortho intramolecular Hbond substituents is 1. The van der Waals surface area contributed by atoms with Crippen LogP contribution in [0.4, 0.5) is 0 Å². The number of aromatic nitrogens is 2. The van der Waals surface area contributed by atoms with Crippen molar-refractivity contribution >= 4 is 0 Å². The van der Waals surface area contributed by atoms with Crippen LogP contribution in [0.15, 0.2) is 30.5 Å². The summed E-state index contributed by atoms with van der Waals surface area (Å²) in [7, 11) is 0. The van der Waals surface area contributed by atoms with E-state index in [1.54, 1.807) is 35.1 Å². The smallest absolute Gasteiger partial charge is 0.115 e. The monoisotopic (exact) mass is 204 g/mol. The van der Waals surface area contributed by atoms with Crippen LogP contribution in [0, 0.1) is 6.92 Å². The van der Waals surface area contributed by atoms with Crippen molar-refractivity contribution in [2.45, 2.75) is 13.5 Å². The number of aromatic hydroxyl groups is 1. The number of nitrogens with zero attached hydrogens (tertiary/aromatic N) is 2. The molecule has 0 aliphatic rings. The Morgan fingerprint density at radius 1 is 1.27 bits per heavy atom. The van der Waals surface area contributed by atoms with Gasteiger partial charge in [0.15, 0.2) is 0 Å². The van der Waals surface area contributed by atoms with Gasteiger partial charge in [-0.05, 0) is 31.2 Å². The third kappa shape index (κ3) is 1.71. The standard InChI is InChI=1S/C11H12N2O2/c1-8-9(7-14)6-12-13(8)10-2-4-11(15)5-3-10/h2-6,14-15H,7H2,1H3. The maximum Gasteiger partial charge on any atom is 0.115 e. The molecule has 2 rings (SSSR count). The van der Waals surface area contributed by atoms with Gasteiger partial charge in [0.25, 0.3) is 0 Å². The number of aliphatic hydroxyl groups is 1. The highest BCUT2D eigenvalue weighted by Crippen LogP contribution is 2.16. The van der Waals surface area contributed by atoms with Crippen molar-refractivity contribution in [2.24, 2.45) is 0 Å². The van der Waals surface area contributed by atoms with E-state index in [2.05, 4.69) is 5.10 Å². The highest BCUT2D eigenvalue weighted by atomic mass is 16.3. The summed E-state index contributed by atoms with van der Waals surface area (Å²) < 4.78 is 1.73. The van der Waals surface area contributed by atoms with Crippen molar-refractivity contribution < 1.29 is 10.2 Å². The van der Waals surface area contributed by atoms with E-state index < -0.39 is 0 Å². The third-order valence-electron chi connectivity index (χ3n) is 2.38. The van der Waals surface area contributed by atoms with Gasteiger partial charge in [0.1, 0.15) is 5.75 Å². The molecule has 2 aromatic rings. The molecule has 0 spiro atoms. The van der Waals surface area contributed by atoms with Crippen molar-refractivity contribution in [3.63, 3.8) is 0 Å². The summed E-state index contributed by atoms with van der Waals surface area (Å²) in [5.74, 6) is 0.228. The fraction of sp³-hybridized carbons (Fsp3) is 0.182. The van der Waals surface area contributed by atoms with Crippen LogP contribution in [0.1, 0.15) is 11.3 Å². The molecule has 0 saturated carbocycles. The number of hydrogen-bond donors (Lipinski definition) is 2. The summed E-state index contributed by atoms with van der Waals surface area (Å²) in [4.78, 5) is 0. The van der Waals surface area contributed by atoms with Gasteiger partial charge < -0.3 is 10.2 Å². The van der Waals surface area contributed by atoms with Gasteiger partial charge in [0.05, 0.1) is 18.5 Å². The Bertz CT molecular complexity index is 460. The Balaban J connectivity index is 2.45. The Labute approximate surface area is 87.4 Å². The molecule has 4 nitrogen and oxygen atoms in total. The van der Waals surface area contributed by atoms with Gasteiger partial charge in [-0.1, -0.05) is 0 Å². The zero-order valence-corrected chi connectivity index (χ0v) is 8.38. The molecule has 4 heteroatoms. The second kappa shape index (κ2) is 3.74. The van der Waals surface area contributed by atoms with Crippen molar-refractivity contribution in [1.29, 1.82) is 0 Å². The number of benzene rings is 1. The lowest BCUT2D eigenvalue weighted by Gasteiger charge is -2.04. The molecule has 0 radical (unpaired) electrons. The van der Waals surface area contributed by atoms with Crippen LogP contribution < -0.4 is 0 Å². The predicted molar refractivity (Wildman–Crippen MR) is 55.9 cm³/mol. The fourth-order valence-electron chi connectivity index (χ4n) is 1.45. The third-order valence-corrected chi connectivity index (χ3v) is 2.38. The summed E-state index contributed by atoms with van der Waals surface area (Å²) in [6.45, 7) is 1.88. The maximum absolute atomic E-state index is 9.15. The lowest BCUT2D eigenvalue weighted by molar-refractivity contribution is 0.281. The van der Waals surface area contributed by atoms with Crippen LogP contribution in [0.2, 0.25) is 0 Å². The maximum atomic E-state index is 9.15. The molecule has 0 aliphatic heterocycles. The molecule has 1 aromatic heterocycles. The van der Waals surface area contributed by atoms with E-state index in [9.17, 15) is 0 Å². The van der Waals surface area contributed by atoms with E-state index in [4.69, 9.17) is 10.2 Å². The van der Waals surface area contributed by atoms with Crippen LogP contribution >= 0.6 is 0 Å². The lowest BCUT2D eigenvalue weighted by atomic mass is 10.2. The molecule has 1 aromatic carbocycles. The zero-order valence-electron chi connectivity index (χ0n) is 8.38. The first-order valence-electron chi connectivity index (χ1n) is 4.66. The molecule has 0 unspecified atom stereocenters. The topological polar surface area (TPSA) is 58.3 Å². The van der Waals surface area contributed by atoms with Crippen LogP contribution in [-0.2, 0) is 6.61 Å². The van der Waals surface area contributed by atoms with E-state index in [1.165, 1.54) is 0 Å². The van der Waals surface area contributed by atoms with E-state index in [1.807, 2.05) is 6.92 Å². The molecular formula is C11H12N2O2. The summed E-state index contributed by atoms with van der Waals surface area (Å²) in [6.07, 6.45) is 1.64. The van der Waals surface area contributed by atoms with Gasteiger partial charge in [0.2, 0.25) is 0 Å².